The van der Waals surface area contributed by atoms with E-state index in [1.165, 1.54) is 25.2 Å². The first-order chi connectivity index (χ1) is 21.1. The van der Waals surface area contributed by atoms with Gasteiger partial charge in [-0.05, 0) is 62.8 Å². The number of benzene rings is 1. The van der Waals surface area contributed by atoms with Crippen molar-refractivity contribution in [1.29, 1.82) is 0 Å². The molecule has 2 N–H and O–H groups in total. The zero-order chi connectivity index (χ0) is 33.3. The van der Waals surface area contributed by atoms with Crippen molar-refractivity contribution in [1.82, 2.24) is 5.32 Å². The quantitative estimate of drug-likeness (QED) is 0.249. The molecule has 2 amide bonds. The van der Waals surface area contributed by atoms with Crippen LogP contribution >= 0.6 is 24.2 Å². The highest BCUT2D eigenvalue weighted by Gasteiger charge is 2.63. The third-order valence-electron chi connectivity index (χ3n) is 8.93. The van der Waals surface area contributed by atoms with Gasteiger partial charge in [-0.2, -0.15) is 12.6 Å². The highest BCUT2D eigenvalue weighted by Crippen LogP contribution is 2.50. The van der Waals surface area contributed by atoms with Gasteiger partial charge in [0.1, 0.15) is 28.6 Å². The van der Waals surface area contributed by atoms with Crippen LogP contribution in [-0.4, -0.2) is 79.0 Å². The van der Waals surface area contributed by atoms with Gasteiger partial charge in [0.15, 0.2) is 5.72 Å². The second kappa shape index (κ2) is 13.9. The molecule has 4 rings (SSSR count). The lowest BCUT2D eigenvalue weighted by molar-refractivity contribution is -0.152. The third-order valence-corrected chi connectivity index (χ3v) is 9.52. The van der Waals surface area contributed by atoms with Gasteiger partial charge in [-0.15, -0.1) is 0 Å². The molecule has 3 heterocycles. The molecule has 1 aromatic carbocycles. The zero-order valence-electron chi connectivity index (χ0n) is 26.7. The van der Waals surface area contributed by atoms with Crippen LogP contribution in [0, 0.1) is 11.8 Å². The summed E-state index contributed by atoms with van der Waals surface area (Å²) < 4.78 is 23.3. The number of nitrogens with zero attached hydrogens (tertiary/aromatic N) is 1. The maximum Gasteiger partial charge on any atom is 0.318 e. The number of nitrogens with one attached hydrogen (secondary N) is 1. The topological polar surface area (TPSA) is 127 Å². The summed E-state index contributed by atoms with van der Waals surface area (Å²) in [4.78, 5) is 40.8. The Bertz CT molecular complexity index is 1410. The maximum atomic E-state index is 13.8. The molecule has 0 aromatic heterocycles. The number of ether oxygens (including phenoxy) is 4. The Morgan fingerprint density at radius 1 is 1.27 bits per heavy atom. The van der Waals surface area contributed by atoms with Crippen molar-refractivity contribution < 1.29 is 38.4 Å². The maximum absolute atomic E-state index is 13.8. The van der Waals surface area contributed by atoms with Crippen LogP contribution in [0.2, 0.25) is 5.02 Å². The number of halogens is 1. The number of epoxide rings is 1. The van der Waals surface area contributed by atoms with Gasteiger partial charge in [0.05, 0.1) is 30.6 Å². The first kappa shape index (κ1) is 35.0. The van der Waals surface area contributed by atoms with E-state index < -0.39 is 46.8 Å². The van der Waals surface area contributed by atoms with Gasteiger partial charge >= 0.3 is 5.97 Å². The van der Waals surface area contributed by atoms with E-state index in [0.717, 1.165) is 11.1 Å². The predicted molar refractivity (Wildman–Crippen MR) is 175 cm³/mol. The Balaban J connectivity index is 1.82. The summed E-state index contributed by atoms with van der Waals surface area (Å²) in [5, 5.41) is 14.0. The van der Waals surface area contributed by atoms with Crippen molar-refractivity contribution in [2.45, 2.75) is 81.8 Å². The zero-order valence-corrected chi connectivity index (χ0v) is 28.4. The molecule has 3 aliphatic rings. The number of hydrogen-bond donors (Lipinski definition) is 3. The average Bonchev–Trinajstić information content (AvgIpc) is 3.71. The minimum Gasteiger partial charge on any atom is -0.495 e. The fourth-order valence-corrected chi connectivity index (χ4v) is 6.52. The SMILES string of the molecule is COc1cc2cc(c1Cl)N(C)C(=O)CC(OC(=O)C(C)S)C1(C)OC1C(C)C1C=CC(=O)NC(O)(C1)C(OC)/C=C/C=C(\C)C2. The molecule has 8 atom stereocenters. The summed E-state index contributed by atoms with van der Waals surface area (Å²) in [6.07, 6.45) is 6.68. The molecule has 12 heteroatoms. The molecule has 0 spiro atoms. The molecular formula is C33H43ClN2O8S. The van der Waals surface area contributed by atoms with Crippen LogP contribution in [0.5, 0.6) is 5.75 Å². The van der Waals surface area contributed by atoms with Gasteiger partial charge < -0.3 is 34.3 Å². The minimum atomic E-state index is -1.73. The highest BCUT2D eigenvalue weighted by molar-refractivity contribution is 7.81. The lowest BCUT2D eigenvalue weighted by atomic mass is 9.79. The molecular weight excluding hydrogens is 620 g/mol. The van der Waals surface area contributed by atoms with E-state index >= 15 is 0 Å². The monoisotopic (exact) mass is 662 g/mol. The normalized spacial score (nSPS) is 34.8. The number of methoxy groups -OCH3 is 2. The van der Waals surface area contributed by atoms with Gasteiger partial charge in [0.25, 0.3) is 0 Å². The number of anilines is 1. The number of carbonyl (C=O) groups is 3. The largest absolute Gasteiger partial charge is 0.495 e. The molecule has 0 saturated carbocycles. The van der Waals surface area contributed by atoms with E-state index in [2.05, 4.69) is 17.9 Å². The van der Waals surface area contributed by atoms with Crippen molar-refractivity contribution in [2.24, 2.45) is 11.8 Å². The summed E-state index contributed by atoms with van der Waals surface area (Å²) in [5.41, 5.74) is -0.505. The van der Waals surface area contributed by atoms with Gasteiger partial charge in [-0.1, -0.05) is 48.4 Å². The predicted octanol–water partition coefficient (Wildman–Crippen LogP) is 4.18. The van der Waals surface area contributed by atoms with Crippen LogP contribution in [0.3, 0.4) is 0 Å². The van der Waals surface area contributed by atoms with Crippen LogP contribution in [0.25, 0.3) is 0 Å². The molecule has 0 aliphatic carbocycles. The molecule has 246 valence electrons. The van der Waals surface area contributed by atoms with Crippen molar-refractivity contribution in [2.75, 3.05) is 26.2 Å². The number of thiol groups is 1. The van der Waals surface area contributed by atoms with E-state index in [9.17, 15) is 19.5 Å². The highest BCUT2D eigenvalue weighted by atomic mass is 35.5. The number of allylic oxidation sites excluding steroid dienone is 4. The Hall–Kier alpha value is -2.83. The molecule has 8 unspecified atom stereocenters. The number of hydrogen-bond acceptors (Lipinski definition) is 9. The standard InChI is InChI=1S/C33H43ClN2O8S/c1-18-9-8-10-25(42-7)33(40)17-22(11-12-27(37)35-33)19(2)30-32(4,44-30)26(43-31(39)20(3)45)16-28(38)36(5)23-14-21(13-18)15-24(41-6)29(23)34/h8-12,14-15,19-20,22,25-26,30,40,45H,13,16-17H2,1-7H3,(H,35,37)/b10-8+,18-9+. The fraction of sp³-hybridized carbons (Fsp3) is 0.545. The molecule has 1 fully saturated rings. The van der Waals surface area contributed by atoms with Crippen LogP contribution < -0.4 is 15.0 Å². The molecule has 1 saturated heterocycles. The van der Waals surface area contributed by atoms with Gasteiger partial charge in [0.2, 0.25) is 11.8 Å². The van der Waals surface area contributed by atoms with Gasteiger partial charge in [0, 0.05) is 20.6 Å². The third kappa shape index (κ3) is 7.60. The number of rotatable bonds is 4. The van der Waals surface area contributed by atoms with Crippen LogP contribution in [0.15, 0.2) is 48.1 Å². The summed E-state index contributed by atoms with van der Waals surface area (Å²) in [7, 11) is 4.59. The molecule has 3 aliphatic heterocycles. The van der Waals surface area contributed by atoms with Gasteiger partial charge in [-0.3, -0.25) is 14.4 Å². The summed E-state index contributed by atoms with van der Waals surface area (Å²) in [6.45, 7) is 7.28. The Labute approximate surface area is 275 Å². The summed E-state index contributed by atoms with van der Waals surface area (Å²) >= 11 is 10.9. The Morgan fingerprint density at radius 2 is 1.98 bits per heavy atom. The van der Waals surface area contributed by atoms with Crippen LogP contribution in [0.4, 0.5) is 5.69 Å². The minimum absolute atomic E-state index is 0.127. The van der Waals surface area contributed by atoms with Gasteiger partial charge in [-0.25, -0.2) is 0 Å². The Kier molecular flexibility index (Phi) is 10.8. The molecule has 4 bridgehead atoms. The van der Waals surface area contributed by atoms with Crippen LogP contribution in [-0.2, 0) is 35.0 Å². The number of fused-ring (bicyclic) bond motifs is 5. The summed E-state index contributed by atoms with van der Waals surface area (Å²) in [6, 6.07) is 3.64. The van der Waals surface area contributed by atoms with E-state index in [1.54, 1.807) is 39.1 Å². The number of esters is 1. The van der Waals surface area contributed by atoms with Crippen molar-refractivity contribution >= 4 is 47.7 Å². The smallest absolute Gasteiger partial charge is 0.318 e. The van der Waals surface area contributed by atoms with E-state index in [-0.39, 0.29) is 35.6 Å². The van der Waals surface area contributed by atoms with Crippen molar-refractivity contribution in [3.63, 3.8) is 0 Å². The van der Waals surface area contributed by atoms with E-state index in [1.807, 2.05) is 32.1 Å². The van der Waals surface area contributed by atoms with Crippen molar-refractivity contribution in [3.8, 4) is 5.75 Å². The lowest BCUT2D eigenvalue weighted by Gasteiger charge is -2.36. The summed E-state index contributed by atoms with van der Waals surface area (Å²) in [5.74, 6) is -1.57. The van der Waals surface area contributed by atoms with Crippen molar-refractivity contribution in [3.05, 3.63) is 58.7 Å². The number of aliphatic hydroxyl groups is 1. The lowest BCUT2D eigenvalue weighted by Crippen LogP contribution is -2.57. The first-order valence-corrected chi connectivity index (χ1v) is 15.8. The Morgan fingerprint density at radius 3 is 2.62 bits per heavy atom. The second-order valence-electron chi connectivity index (χ2n) is 12.3. The fourth-order valence-electron chi connectivity index (χ4n) is 6.14. The van der Waals surface area contributed by atoms with E-state index in [4.69, 9.17) is 30.5 Å². The molecule has 10 nitrogen and oxygen atoms in total. The van der Waals surface area contributed by atoms with E-state index in [0.29, 0.717) is 17.9 Å². The average molecular weight is 663 g/mol. The number of amides is 2. The molecule has 0 radical (unpaired) electrons. The van der Waals surface area contributed by atoms with Crippen LogP contribution in [0.1, 0.15) is 46.1 Å². The molecule has 45 heavy (non-hydrogen) atoms. The first-order valence-electron chi connectivity index (χ1n) is 14.9. The molecule has 1 aromatic rings. The second-order valence-corrected chi connectivity index (χ2v) is 13.5. The number of carbonyl (C=O) groups excluding carboxylic acids is 3.